The van der Waals surface area contributed by atoms with Gasteiger partial charge in [-0.1, -0.05) is 12.1 Å². The molecule has 0 atom stereocenters. The Morgan fingerprint density at radius 3 is 2.57 bits per heavy atom. The summed E-state index contributed by atoms with van der Waals surface area (Å²) >= 11 is 3.34. The highest BCUT2D eigenvalue weighted by Gasteiger charge is 2.08. The van der Waals surface area contributed by atoms with E-state index in [0.717, 1.165) is 10.0 Å². The maximum atomic E-state index is 12.1. The number of hydrogen-bond donors (Lipinski definition) is 2. The molecule has 2 amide bonds. The van der Waals surface area contributed by atoms with Crippen molar-refractivity contribution < 1.29 is 19.1 Å². The highest BCUT2D eigenvalue weighted by atomic mass is 79.9. The lowest BCUT2D eigenvalue weighted by atomic mass is 10.2. The fourth-order valence-corrected chi connectivity index (χ4v) is 2.82. The summed E-state index contributed by atoms with van der Waals surface area (Å²) in [5, 5.41) is 6.72. The van der Waals surface area contributed by atoms with Crippen LogP contribution in [-0.4, -0.2) is 38.8 Å². The van der Waals surface area contributed by atoms with Crippen LogP contribution in [0.1, 0.15) is 28.8 Å². The second-order valence-electron chi connectivity index (χ2n) is 5.75. The molecule has 0 fully saturated rings. The van der Waals surface area contributed by atoms with Gasteiger partial charge < -0.3 is 14.8 Å². The molecule has 2 aromatic carbocycles. The third-order valence-corrected chi connectivity index (χ3v) is 4.49. The fraction of sp³-hybridized carbons (Fsp3) is 0.250. The third-order valence-electron chi connectivity index (χ3n) is 3.80. The average Bonchev–Trinajstić information content (AvgIpc) is 2.71. The van der Waals surface area contributed by atoms with Crippen LogP contribution in [0.25, 0.3) is 0 Å². The Hall–Kier alpha value is -2.87. The molecule has 2 N–H and O–H groups in total. The van der Waals surface area contributed by atoms with E-state index in [4.69, 9.17) is 9.47 Å². The Kier molecular flexibility index (Phi) is 8.48. The summed E-state index contributed by atoms with van der Waals surface area (Å²) in [7, 11) is 3.11. The normalized spacial score (nSPS) is 10.5. The van der Waals surface area contributed by atoms with Crippen LogP contribution in [0.4, 0.5) is 0 Å². The molecule has 0 saturated carbocycles. The van der Waals surface area contributed by atoms with Gasteiger partial charge in [0, 0.05) is 17.4 Å². The van der Waals surface area contributed by atoms with Crippen molar-refractivity contribution in [2.24, 2.45) is 5.10 Å². The van der Waals surface area contributed by atoms with Crippen LogP contribution < -0.4 is 20.2 Å². The molecule has 7 nitrogen and oxygen atoms in total. The van der Waals surface area contributed by atoms with Crippen molar-refractivity contribution >= 4 is 34.0 Å². The molecule has 0 aromatic heterocycles. The number of benzene rings is 2. The summed E-state index contributed by atoms with van der Waals surface area (Å²) in [6, 6.07) is 12.5. The first-order chi connectivity index (χ1) is 13.5. The summed E-state index contributed by atoms with van der Waals surface area (Å²) < 4.78 is 11.1. The molecule has 28 heavy (non-hydrogen) atoms. The number of halogens is 1. The van der Waals surface area contributed by atoms with Gasteiger partial charge in [0.15, 0.2) is 11.5 Å². The van der Waals surface area contributed by atoms with E-state index in [2.05, 4.69) is 31.8 Å². The number of methoxy groups -OCH3 is 2. The highest BCUT2D eigenvalue weighted by molar-refractivity contribution is 9.10. The monoisotopic (exact) mass is 447 g/mol. The minimum atomic E-state index is -0.230. The fourth-order valence-electron chi connectivity index (χ4n) is 2.36. The first kappa shape index (κ1) is 21.4. The van der Waals surface area contributed by atoms with Gasteiger partial charge in [-0.25, -0.2) is 5.43 Å². The predicted molar refractivity (Wildman–Crippen MR) is 111 cm³/mol. The molecular weight excluding hydrogens is 426 g/mol. The van der Waals surface area contributed by atoms with Crippen LogP contribution in [0.2, 0.25) is 0 Å². The summed E-state index contributed by atoms with van der Waals surface area (Å²) in [5.74, 6) is 0.790. The second-order valence-corrected chi connectivity index (χ2v) is 6.60. The zero-order chi connectivity index (χ0) is 20.4. The summed E-state index contributed by atoms with van der Waals surface area (Å²) in [6.07, 6.45) is 2.28. The van der Waals surface area contributed by atoms with Crippen LogP contribution in [0.3, 0.4) is 0 Å². The number of amides is 2. The molecule has 0 bridgehead atoms. The van der Waals surface area contributed by atoms with E-state index in [0.29, 0.717) is 30.0 Å². The summed E-state index contributed by atoms with van der Waals surface area (Å²) in [5.41, 5.74) is 3.79. The van der Waals surface area contributed by atoms with E-state index in [-0.39, 0.29) is 18.2 Å². The standard InChI is InChI=1S/C20H22BrN3O4/c1-27-17-10-9-14(12-18(17)28-2)13-23-24-19(25)8-5-11-22-20(26)15-6-3-4-7-16(15)21/h3-4,6-7,9-10,12-13H,5,8,11H2,1-2H3,(H,22,26)(H,24,25). The lowest BCUT2D eigenvalue weighted by molar-refractivity contribution is -0.121. The van der Waals surface area contributed by atoms with Gasteiger partial charge in [-0.3, -0.25) is 9.59 Å². The molecule has 0 unspecified atom stereocenters. The molecule has 0 radical (unpaired) electrons. The van der Waals surface area contributed by atoms with Crippen LogP contribution in [0.15, 0.2) is 52.0 Å². The molecule has 8 heteroatoms. The lowest BCUT2D eigenvalue weighted by Crippen LogP contribution is -2.26. The van der Waals surface area contributed by atoms with E-state index < -0.39 is 0 Å². The number of carbonyl (C=O) groups excluding carboxylic acids is 2. The van der Waals surface area contributed by atoms with Crippen molar-refractivity contribution in [1.82, 2.24) is 10.7 Å². The maximum Gasteiger partial charge on any atom is 0.252 e. The first-order valence-electron chi connectivity index (χ1n) is 8.61. The molecule has 2 aromatic rings. The van der Waals surface area contributed by atoms with Crippen molar-refractivity contribution in [3.63, 3.8) is 0 Å². The van der Waals surface area contributed by atoms with E-state index in [1.165, 1.54) is 6.21 Å². The van der Waals surface area contributed by atoms with Crippen LogP contribution in [-0.2, 0) is 4.79 Å². The molecule has 0 aliphatic carbocycles. The van der Waals surface area contributed by atoms with Crippen molar-refractivity contribution in [1.29, 1.82) is 0 Å². The van der Waals surface area contributed by atoms with E-state index in [9.17, 15) is 9.59 Å². The van der Waals surface area contributed by atoms with Crippen molar-refractivity contribution in [3.05, 3.63) is 58.1 Å². The minimum absolute atomic E-state index is 0.181. The van der Waals surface area contributed by atoms with Gasteiger partial charge in [0.05, 0.1) is 26.0 Å². The zero-order valence-corrected chi connectivity index (χ0v) is 17.3. The molecule has 0 saturated heterocycles. The van der Waals surface area contributed by atoms with Crippen LogP contribution in [0, 0.1) is 0 Å². The highest BCUT2D eigenvalue weighted by Crippen LogP contribution is 2.26. The lowest BCUT2D eigenvalue weighted by Gasteiger charge is -2.07. The molecule has 0 aliphatic heterocycles. The van der Waals surface area contributed by atoms with E-state index in [1.54, 1.807) is 50.6 Å². The molecule has 2 rings (SSSR count). The predicted octanol–water partition coefficient (Wildman–Crippen LogP) is 3.13. The summed E-state index contributed by atoms with van der Waals surface area (Å²) in [6.45, 7) is 0.396. The smallest absolute Gasteiger partial charge is 0.252 e. The number of nitrogens with zero attached hydrogens (tertiary/aromatic N) is 1. The van der Waals surface area contributed by atoms with Crippen molar-refractivity contribution in [2.75, 3.05) is 20.8 Å². The number of hydrogen-bond acceptors (Lipinski definition) is 5. The van der Waals surface area contributed by atoms with Gasteiger partial charge in [-0.15, -0.1) is 0 Å². The van der Waals surface area contributed by atoms with Gasteiger partial charge in [0.25, 0.3) is 5.91 Å². The van der Waals surface area contributed by atoms with Gasteiger partial charge in [-0.05, 0) is 58.2 Å². The summed E-state index contributed by atoms with van der Waals surface area (Å²) in [4.78, 5) is 23.9. The van der Waals surface area contributed by atoms with Crippen molar-refractivity contribution in [3.8, 4) is 11.5 Å². The Bertz CT molecular complexity index is 855. The maximum absolute atomic E-state index is 12.1. The number of hydrazone groups is 1. The van der Waals surface area contributed by atoms with Gasteiger partial charge in [-0.2, -0.15) is 5.10 Å². The first-order valence-corrected chi connectivity index (χ1v) is 9.41. The topological polar surface area (TPSA) is 89.0 Å². The SMILES string of the molecule is COc1ccc(C=NNC(=O)CCCNC(=O)c2ccccc2Br)cc1OC. The Morgan fingerprint density at radius 1 is 1.11 bits per heavy atom. The zero-order valence-electron chi connectivity index (χ0n) is 15.7. The number of rotatable bonds is 9. The van der Waals surface area contributed by atoms with E-state index >= 15 is 0 Å². The number of nitrogens with one attached hydrogen (secondary N) is 2. The Morgan fingerprint density at radius 2 is 1.86 bits per heavy atom. The molecule has 148 valence electrons. The van der Waals surface area contributed by atoms with Crippen LogP contribution >= 0.6 is 15.9 Å². The second kappa shape index (κ2) is 11.1. The third kappa shape index (κ3) is 6.38. The van der Waals surface area contributed by atoms with E-state index in [1.807, 2.05) is 6.07 Å². The van der Waals surface area contributed by atoms with Gasteiger partial charge >= 0.3 is 0 Å². The van der Waals surface area contributed by atoms with Crippen molar-refractivity contribution in [2.45, 2.75) is 12.8 Å². The molecule has 0 aliphatic rings. The quantitative estimate of drug-likeness (QED) is 0.351. The average molecular weight is 448 g/mol. The largest absolute Gasteiger partial charge is 0.493 e. The minimum Gasteiger partial charge on any atom is -0.493 e. The number of ether oxygens (including phenoxy) is 2. The molecular formula is C20H22BrN3O4. The molecule has 0 heterocycles. The van der Waals surface area contributed by atoms with Gasteiger partial charge in [0.1, 0.15) is 0 Å². The Balaban J connectivity index is 1.72. The van der Waals surface area contributed by atoms with Crippen LogP contribution in [0.5, 0.6) is 11.5 Å². The molecule has 0 spiro atoms. The van der Waals surface area contributed by atoms with Gasteiger partial charge in [0.2, 0.25) is 5.91 Å². The number of carbonyl (C=O) groups is 2. The Labute approximate surface area is 172 Å².